The van der Waals surface area contributed by atoms with Crippen LogP contribution in [0.3, 0.4) is 0 Å². The van der Waals surface area contributed by atoms with Crippen LogP contribution in [0.4, 0.5) is 8.78 Å². The van der Waals surface area contributed by atoms with Crippen LogP contribution in [0.15, 0.2) is 16.6 Å². The first-order valence-electron chi connectivity index (χ1n) is 5.01. The Morgan fingerprint density at radius 2 is 2.07 bits per heavy atom. The van der Waals surface area contributed by atoms with Gasteiger partial charge in [0.05, 0.1) is 4.47 Å². The molecule has 15 heavy (non-hydrogen) atoms. The van der Waals surface area contributed by atoms with Gasteiger partial charge in [0.25, 0.3) is 0 Å². The zero-order chi connectivity index (χ0) is 10.8. The molecule has 1 aliphatic carbocycles. The Kier molecular flexibility index (Phi) is 3.36. The fraction of sp³-hybridized carbons (Fsp3) is 0.455. The second-order valence-electron chi connectivity index (χ2n) is 3.90. The second kappa shape index (κ2) is 4.58. The number of rotatable bonds is 4. The third-order valence-corrected chi connectivity index (χ3v) is 3.18. The summed E-state index contributed by atoms with van der Waals surface area (Å²) in [6.45, 7) is 1.11. The summed E-state index contributed by atoms with van der Waals surface area (Å²) in [5.74, 6) is -0.277. The van der Waals surface area contributed by atoms with Crippen LogP contribution >= 0.6 is 15.9 Å². The van der Waals surface area contributed by atoms with E-state index >= 15 is 0 Å². The van der Waals surface area contributed by atoms with Gasteiger partial charge in [0.1, 0.15) is 11.6 Å². The van der Waals surface area contributed by atoms with E-state index in [1.807, 2.05) is 0 Å². The lowest BCUT2D eigenvalue weighted by Crippen LogP contribution is -2.18. The Bertz CT molecular complexity index is 364. The highest BCUT2D eigenvalue weighted by molar-refractivity contribution is 9.10. The van der Waals surface area contributed by atoms with Crippen molar-refractivity contribution in [2.75, 3.05) is 6.54 Å². The average Bonchev–Trinajstić information content (AvgIpc) is 3.01. The van der Waals surface area contributed by atoms with Crippen LogP contribution in [0.5, 0.6) is 0 Å². The van der Waals surface area contributed by atoms with Crippen LogP contribution < -0.4 is 5.32 Å². The van der Waals surface area contributed by atoms with Crippen LogP contribution in [0.2, 0.25) is 0 Å². The van der Waals surface area contributed by atoms with Gasteiger partial charge in [-0.05, 0) is 53.4 Å². The molecule has 0 bridgehead atoms. The zero-order valence-electron chi connectivity index (χ0n) is 8.19. The molecule has 4 heteroatoms. The monoisotopic (exact) mass is 275 g/mol. The minimum absolute atomic E-state index is 0.116. The molecule has 1 aromatic rings. The Morgan fingerprint density at radius 1 is 1.33 bits per heavy atom. The first-order chi connectivity index (χ1) is 7.18. The fourth-order valence-corrected chi connectivity index (χ4v) is 1.83. The third kappa shape index (κ3) is 2.75. The molecule has 0 radical (unpaired) electrons. The number of hydrogen-bond acceptors (Lipinski definition) is 1. The smallest absolute Gasteiger partial charge is 0.144 e. The molecule has 0 saturated heterocycles. The summed E-state index contributed by atoms with van der Waals surface area (Å²) in [5, 5.41) is 3.07. The Balaban J connectivity index is 2.01. The van der Waals surface area contributed by atoms with E-state index in [2.05, 4.69) is 21.2 Å². The fourth-order valence-electron chi connectivity index (χ4n) is 1.45. The summed E-state index contributed by atoms with van der Waals surface area (Å²) >= 11 is 3.04. The maximum Gasteiger partial charge on any atom is 0.144 e. The molecule has 1 aliphatic rings. The van der Waals surface area contributed by atoms with E-state index < -0.39 is 11.6 Å². The molecule has 0 unspecified atom stereocenters. The molecular formula is C11H12BrF2N. The molecule has 0 aromatic heterocycles. The summed E-state index contributed by atoms with van der Waals surface area (Å²) < 4.78 is 27.1. The van der Waals surface area contributed by atoms with Crippen molar-refractivity contribution in [3.05, 3.63) is 33.8 Å². The first-order valence-corrected chi connectivity index (χ1v) is 5.81. The summed E-state index contributed by atoms with van der Waals surface area (Å²) in [6, 6.07) is 2.66. The normalized spacial score (nSPS) is 15.7. The van der Waals surface area contributed by atoms with Crippen molar-refractivity contribution in [2.24, 2.45) is 5.92 Å². The molecular weight excluding hydrogens is 264 g/mol. The van der Waals surface area contributed by atoms with E-state index in [0.29, 0.717) is 10.4 Å². The van der Waals surface area contributed by atoms with Gasteiger partial charge in [-0.1, -0.05) is 0 Å². The molecule has 2 rings (SSSR count). The predicted octanol–water partition coefficient (Wildman–Crippen LogP) is 3.23. The molecule has 1 fully saturated rings. The Hall–Kier alpha value is -0.480. The number of hydrogen-bond donors (Lipinski definition) is 1. The average molecular weight is 276 g/mol. The maximum absolute atomic E-state index is 13.5. The van der Waals surface area contributed by atoms with Crippen LogP contribution in [0.25, 0.3) is 0 Å². The van der Waals surface area contributed by atoms with E-state index in [0.717, 1.165) is 6.54 Å². The van der Waals surface area contributed by atoms with Crippen molar-refractivity contribution >= 4 is 15.9 Å². The van der Waals surface area contributed by atoms with Crippen LogP contribution in [-0.2, 0) is 6.54 Å². The van der Waals surface area contributed by atoms with Gasteiger partial charge in [-0.2, -0.15) is 0 Å². The lowest BCUT2D eigenvalue weighted by atomic mass is 10.2. The van der Waals surface area contributed by atoms with Crippen molar-refractivity contribution in [1.29, 1.82) is 0 Å². The van der Waals surface area contributed by atoms with Crippen LogP contribution in [-0.4, -0.2) is 6.54 Å². The summed E-state index contributed by atoms with van der Waals surface area (Å²) in [5.41, 5.74) is 0.116. The SMILES string of the molecule is Fc1ccc(Br)c(F)c1CNCC1CC1. The lowest BCUT2D eigenvalue weighted by molar-refractivity contribution is 0.527. The molecule has 0 spiro atoms. The minimum atomic E-state index is -0.502. The van der Waals surface area contributed by atoms with Crippen molar-refractivity contribution in [3.63, 3.8) is 0 Å². The molecule has 0 aliphatic heterocycles. The summed E-state index contributed by atoms with van der Waals surface area (Å²) in [4.78, 5) is 0. The first kappa shape index (κ1) is 11.0. The van der Waals surface area contributed by atoms with Gasteiger partial charge in [0.15, 0.2) is 0 Å². The van der Waals surface area contributed by atoms with E-state index in [1.165, 1.54) is 25.0 Å². The van der Waals surface area contributed by atoms with Gasteiger partial charge in [0, 0.05) is 12.1 Å². The standard InChI is InChI=1S/C11H12BrF2N/c12-9-3-4-10(13)8(11(9)14)6-15-5-7-1-2-7/h3-4,7,15H,1-2,5-6H2. The third-order valence-electron chi connectivity index (χ3n) is 2.57. The minimum Gasteiger partial charge on any atom is -0.312 e. The van der Waals surface area contributed by atoms with Crippen LogP contribution in [0.1, 0.15) is 18.4 Å². The molecule has 82 valence electrons. The van der Waals surface area contributed by atoms with E-state index in [9.17, 15) is 8.78 Å². The quantitative estimate of drug-likeness (QED) is 0.832. The predicted molar refractivity (Wildman–Crippen MR) is 58.5 cm³/mol. The molecule has 0 atom stereocenters. The molecule has 1 nitrogen and oxygen atoms in total. The highest BCUT2D eigenvalue weighted by atomic mass is 79.9. The van der Waals surface area contributed by atoms with E-state index in [1.54, 1.807) is 0 Å². The molecule has 1 N–H and O–H groups in total. The van der Waals surface area contributed by atoms with Gasteiger partial charge in [-0.25, -0.2) is 8.78 Å². The molecule has 1 aromatic carbocycles. The number of benzene rings is 1. The van der Waals surface area contributed by atoms with Crippen molar-refractivity contribution < 1.29 is 8.78 Å². The molecule has 0 heterocycles. The van der Waals surface area contributed by atoms with Gasteiger partial charge in [-0.15, -0.1) is 0 Å². The molecule has 1 saturated carbocycles. The largest absolute Gasteiger partial charge is 0.312 e. The molecule has 0 amide bonds. The van der Waals surface area contributed by atoms with Crippen LogP contribution in [0, 0.1) is 17.6 Å². The van der Waals surface area contributed by atoms with Crippen molar-refractivity contribution in [1.82, 2.24) is 5.32 Å². The lowest BCUT2D eigenvalue weighted by Gasteiger charge is -2.07. The second-order valence-corrected chi connectivity index (χ2v) is 4.75. The maximum atomic E-state index is 13.5. The zero-order valence-corrected chi connectivity index (χ0v) is 9.78. The number of nitrogens with one attached hydrogen (secondary N) is 1. The van der Waals surface area contributed by atoms with Gasteiger partial charge in [0.2, 0.25) is 0 Å². The van der Waals surface area contributed by atoms with E-state index in [-0.39, 0.29) is 12.1 Å². The van der Waals surface area contributed by atoms with Crippen molar-refractivity contribution in [3.8, 4) is 0 Å². The van der Waals surface area contributed by atoms with Gasteiger partial charge < -0.3 is 5.32 Å². The number of halogens is 3. The summed E-state index contributed by atoms with van der Waals surface area (Å²) in [6.07, 6.45) is 2.47. The summed E-state index contributed by atoms with van der Waals surface area (Å²) in [7, 11) is 0. The van der Waals surface area contributed by atoms with Gasteiger partial charge >= 0.3 is 0 Å². The Morgan fingerprint density at radius 3 is 2.73 bits per heavy atom. The highest BCUT2D eigenvalue weighted by Gasteiger charge is 2.21. The van der Waals surface area contributed by atoms with E-state index in [4.69, 9.17) is 0 Å². The highest BCUT2D eigenvalue weighted by Crippen LogP contribution is 2.28. The topological polar surface area (TPSA) is 12.0 Å². The van der Waals surface area contributed by atoms with Gasteiger partial charge in [-0.3, -0.25) is 0 Å². The van der Waals surface area contributed by atoms with Crippen molar-refractivity contribution in [2.45, 2.75) is 19.4 Å². The Labute approximate surface area is 96.0 Å².